The first kappa shape index (κ1) is 14.8. The minimum Gasteiger partial charge on any atom is -0.496 e. The van der Waals surface area contributed by atoms with Crippen LogP contribution in [0.2, 0.25) is 0 Å². The molecule has 5 nitrogen and oxygen atoms in total. The summed E-state index contributed by atoms with van der Waals surface area (Å²) in [6.45, 7) is 0. The van der Waals surface area contributed by atoms with Crippen LogP contribution in [0.25, 0.3) is 17.2 Å². The van der Waals surface area contributed by atoms with Gasteiger partial charge in [-0.05, 0) is 29.8 Å². The van der Waals surface area contributed by atoms with E-state index in [-0.39, 0.29) is 12.0 Å². The minimum atomic E-state index is -0.987. The topological polar surface area (TPSA) is 84.9 Å². The number of para-hydroxylation sites is 1. The Labute approximate surface area is 133 Å². The van der Waals surface area contributed by atoms with Crippen molar-refractivity contribution in [2.75, 3.05) is 7.11 Å². The van der Waals surface area contributed by atoms with Gasteiger partial charge in [0.25, 0.3) is 0 Å². The van der Waals surface area contributed by atoms with Gasteiger partial charge in [0.2, 0.25) is 0 Å². The lowest BCUT2D eigenvalue weighted by Crippen LogP contribution is -2.14. The fourth-order valence-corrected chi connectivity index (χ4v) is 2.59. The third-order valence-electron chi connectivity index (χ3n) is 3.69. The van der Waals surface area contributed by atoms with E-state index >= 15 is 0 Å². The predicted octanol–water partition coefficient (Wildman–Crippen LogP) is 3.22. The number of rotatable bonds is 3. The molecule has 3 rings (SSSR count). The number of aliphatic imine (C=N–C) groups is 1. The van der Waals surface area contributed by atoms with Gasteiger partial charge in [-0.2, -0.15) is 0 Å². The summed E-state index contributed by atoms with van der Waals surface area (Å²) in [5.41, 5.74) is 9.28. The number of carboxylic acid groups (broad SMARTS) is 1. The van der Waals surface area contributed by atoms with Crippen LogP contribution in [0.15, 0.2) is 53.0 Å². The number of methoxy groups -OCH3 is 1. The molecule has 23 heavy (non-hydrogen) atoms. The smallest absolute Gasteiger partial charge is 0.332 e. The third-order valence-corrected chi connectivity index (χ3v) is 3.69. The molecule has 0 aromatic heterocycles. The SMILES string of the molecule is COc1ccccc1-c1ccc2c(c1)C=C(C(=O)O)CC(N)=N2. The van der Waals surface area contributed by atoms with Crippen LogP contribution in [0.4, 0.5) is 5.69 Å². The van der Waals surface area contributed by atoms with E-state index in [1.807, 2.05) is 42.5 Å². The molecule has 2 aromatic rings. The second-order valence-corrected chi connectivity index (χ2v) is 5.23. The molecule has 1 aliphatic heterocycles. The minimum absolute atomic E-state index is 0.133. The Morgan fingerprint density at radius 1 is 1.26 bits per heavy atom. The van der Waals surface area contributed by atoms with Crippen molar-refractivity contribution in [1.29, 1.82) is 0 Å². The second-order valence-electron chi connectivity index (χ2n) is 5.23. The predicted molar refractivity (Wildman–Crippen MR) is 89.9 cm³/mol. The summed E-state index contributed by atoms with van der Waals surface area (Å²) in [6.07, 6.45) is 1.76. The number of nitrogens with zero attached hydrogens (tertiary/aromatic N) is 1. The molecule has 5 heteroatoms. The number of fused-ring (bicyclic) bond motifs is 1. The van der Waals surface area contributed by atoms with Crippen molar-refractivity contribution in [3.8, 4) is 16.9 Å². The van der Waals surface area contributed by atoms with Crippen LogP contribution >= 0.6 is 0 Å². The lowest BCUT2D eigenvalue weighted by atomic mass is 9.99. The first-order valence-corrected chi connectivity index (χ1v) is 7.13. The second kappa shape index (κ2) is 5.96. The van der Waals surface area contributed by atoms with Gasteiger partial charge in [-0.1, -0.05) is 24.3 Å². The van der Waals surface area contributed by atoms with Crippen LogP contribution in [0.1, 0.15) is 12.0 Å². The molecule has 1 aliphatic rings. The van der Waals surface area contributed by atoms with Crippen LogP contribution in [0.5, 0.6) is 5.75 Å². The van der Waals surface area contributed by atoms with Crippen LogP contribution in [-0.4, -0.2) is 24.0 Å². The highest BCUT2D eigenvalue weighted by Gasteiger charge is 2.16. The summed E-state index contributed by atoms with van der Waals surface area (Å²) in [4.78, 5) is 15.6. The molecule has 0 radical (unpaired) electrons. The van der Waals surface area contributed by atoms with Crippen LogP contribution in [-0.2, 0) is 4.79 Å². The number of nitrogens with two attached hydrogens (primary N) is 1. The van der Waals surface area contributed by atoms with Crippen LogP contribution in [0.3, 0.4) is 0 Å². The van der Waals surface area contributed by atoms with Crippen molar-refractivity contribution >= 4 is 23.6 Å². The summed E-state index contributed by atoms with van der Waals surface area (Å²) < 4.78 is 5.39. The average molecular weight is 308 g/mol. The van der Waals surface area contributed by atoms with Crippen molar-refractivity contribution in [1.82, 2.24) is 0 Å². The van der Waals surface area contributed by atoms with Gasteiger partial charge in [0.05, 0.1) is 12.8 Å². The summed E-state index contributed by atoms with van der Waals surface area (Å²) in [5, 5.41) is 9.28. The lowest BCUT2D eigenvalue weighted by Gasteiger charge is -2.10. The molecular weight excluding hydrogens is 292 g/mol. The molecule has 0 atom stereocenters. The van der Waals surface area contributed by atoms with Gasteiger partial charge in [-0.3, -0.25) is 0 Å². The zero-order valence-corrected chi connectivity index (χ0v) is 12.6. The van der Waals surface area contributed by atoms with Gasteiger partial charge in [0, 0.05) is 23.1 Å². The fraction of sp³-hybridized carbons (Fsp3) is 0.111. The molecular formula is C18H16N2O3. The Kier molecular flexibility index (Phi) is 3.85. The fourth-order valence-electron chi connectivity index (χ4n) is 2.59. The van der Waals surface area contributed by atoms with Crippen molar-refractivity contribution in [3.63, 3.8) is 0 Å². The van der Waals surface area contributed by atoms with Gasteiger partial charge < -0.3 is 15.6 Å². The molecule has 2 aromatic carbocycles. The van der Waals surface area contributed by atoms with Gasteiger partial charge in [0.15, 0.2) is 0 Å². The van der Waals surface area contributed by atoms with E-state index in [4.69, 9.17) is 10.5 Å². The maximum atomic E-state index is 11.3. The number of hydrogen-bond acceptors (Lipinski definition) is 4. The van der Waals surface area contributed by atoms with Crippen molar-refractivity contribution < 1.29 is 14.6 Å². The summed E-state index contributed by atoms with van der Waals surface area (Å²) in [7, 11) is 1.62. The van der Waals surface area contributed by atoms with Crippen LogP contribution in [0, 0.1) is 0 Å². The number of ether oxygens (including phenoxy) is 1. The number of benzene rings is 2. The quantitative estimate of drug-likeness (QED) is 0.911. The van der Waals surface area contributed by atoms with E-state index < -0.39 is 5.97 Å². The third kappa shape index (κ3) is 2.94. The number of carbonyl (C=O) groups is 1. The highest BCUT2D eigenvalue weighted by Crippen LogP contribution is 2.34. The number of hydrogen-bond donors (Lipinski definition) is 2. The Balaban J connectivity index is 2.15. The largest absolute Gasteiger partial charge is 0.496 e. The molecule has 0 saturated carbocycles. The van der Waals surface area contributed by atoms with Crippen LogP contribution < -0.4 is 10.5 Å². The van der Waals surface area contributed by atoms with E-state index in [1.165, 1.54) is 0 Å². The zero-order chi connectivity index (χ0) is 16.4. The zero-order valence-electron chi connectivity index (χ0n) is 12.6. The molecule has 1 heterocycles. The molecule has 0 saturated heterocycles. The van der Waals surface area contributed by atoms with E-state index in [2.05, 4.69) is 4.99 Å². The lowest BCUT2D eigenvalue weighted by molar-refractivity contribution is -0.132. The van der Waals surface area contributed by atoms with E-state index in [0.29, 0.717) is 11.5 Å². The van der Waals surface area contributed by atoms with Gasteiger partial charge in [0.1, 0.15) is 11.6 Å². The Morgan fingerprint density at radius 2 is 2.04 bits per heavy atom. The number of carboxylic acids is 1. The van der Waals surface area contributed by atoms with Gasteiger partial charge >= 0.3 is 5.97 Å². The Hall–Kier alpha value is -3.08. The van der Waals surface area contributed by atoms with Crippen molar-refractivity contribution in [2.45, 2.75) is 6.42 Å². The molecule has 0 fully saturated rings. The Morgan fingerprint density at radius 3 is 2.78 bits per heavy atom. The Bertz CT molecular complexity index is 838. The number of aliphatic carboxylic acids is 1. The maximum absolute atomic E-state index is 11.3. The molecule has 0 unspecified atom stereocenters. The van der Waals surface area contributed by atoms with E-state index in [0.717, 1.165) is 22.4 Å². The number of amidine groups is 1. The van der Waals surface area contributed by atoms with Crippen molar-refractivity contribution in [3.05, 3.63) is 53.6 Å². The standard InChI is InChI=1S/C18H16N2O3/c1-23-16-5-3-2-4-14(16)11-6-7-15-12(8-11)9-13(18(21)22)10-17(19)20-15/h2-9H,10H2,1H3,(H2,19,20)(H,21,22). The highest BCUT2D eigenvalue weighted by atomic mass is 16.5. The van der Waals surface area contributed by atoms with E-state index in [1.54, 1.807) is 13.2 Å². The summed E-state index contributed by atoms with van der Waals surface area (Å²) >= 11 is 0. The molecule has 0 aliphatic carbocycles. The molecule has 0 bridgehead atoms. The first-order chi connectivity index (χ1) is 11.1. The highest BCUT2D eigenvalue weighted by molar-refractivity contribution is 6.02. The maximum Gasteiger partial charge on any atom is 0.332 e. The van der Waals surface area contributed by atoms with Crippen molar-refractivity contribution in [2.24, 2.45) is 10.7 Å². The summed E-state index contributed by atoms with van der Waals surface area (Å²) in [5.74, 6) is 0.0626. The first-order valence-electron chi connectivity index (χ1n) is 7.13. The molecule has 0 spiro atoms. The van der Waals surface area contributed by atoms with Gasteiger partial charge in [-0.25, -0.2) is 9.79 Å². The van der Waals surface area contributed by atoms with Gasteiger partial charge in [-0.15, -0.1) is 0 Å². The summed E-state index contributed by atoms with van der Waals surface area (Å²) in [6, 6.07) is 13.3. The normalized spacial score (nSPS) is 13.4. The average Bonchev–Trinajstić information content (AvgIpc) is 2.72. The monoisotopic (exact) mass is 308 g/mol. The molecule has 116 valence electrons. The molecule has 3 N–H and O–H groups in total. The van der Waals surface area contributed by atoms with E-state index in [9.17, 15) is 9.90 Å². The molecule has 0 amide bonds.